The zero-order valence-corrected chi connectivity index (χ0v) is 17.1. The SMILES string of the molecule is CS(=O)(=O)N(CC(=O)N[C@@H]1CCCc2ccccc21)c1ccc(Cl)cc1Cl. The van der Waals surface area contributed by atoms with E-state index >= 15 is 0 Å². The van der Waals surface area contributed by atoms with E-state index in [0.717, 1.165) is 35.4 Å². The van der Waals surface area contributed by atoms with E-state index in [4.69, 9.17) is 23.2 Å². The topological polar surface area (TPSA) is 66.5 Å². The van der Waals surface area contributed by atoms with Crippen LogP contribution in [0.5, 0.6) is 0 Å². The number of nitrogens with one attached hydrogen (secondary N) is 1. The summed E-state index contributed by atoms with van der Waals surface area (Å²) in [7, 11) is -3.70. The van der Waals surface area contributed by atoms with E-state index in [1.54, 1.807) is 0 Å². The highest BCUT2D eigenvalue weighted by molar-refractivity contribution is 7.92. The fraction of sp³-hybridized carbons (Fsp3) is 0.316. The van der Waals surface area contributed by atoms with Gasteiger partial charge >= 0.3 is 0 Å². The molecule has 1 aliphatic rings. The number of hydrogen-bond acceptors (Lipinski definition) is 3. The molecule has 0 saturated heterocycles. The largest absolute Gasteiger partial charge is 0.348 e. The van der Waals surface area contributed by atoms with Gasteiger partial charge in [0.25, 0.3) is 0 Å². The summed E-state index contributed by atoms with van der Waals surface area (Å²) in [6, 6.07) is 12.4. The van der Waals surface area contributed by atoms with Gasteiger partial charge in [0.05, 0.1) is 23.0 Å². The summed E-state index contributed by atoms with van der Waals surface area (Å²) in [5.41, 5.74) is 2.53. The molecule has 1 amide bonds. The Kier molecular flexibility index (Phi) is 5.99. The van der Waals surface area contributed by atoms with Crippen LogP contribution in [0.1, 0.15) is 30.0 Å². The minimum atomic E-state index is -3.70. The zero-order chi connectivity index (χ0) is 19.6. The van der Waals surface area contributed by atoms with E-state index in [0.29, 0.717) is 5.02 Å². The minimum absolute atomic E-state index is 0.121. The molecule has 0 saturated carbocycles. The van der Waals surface area contributed by atoms with Crippen molar-refractivity contribution in [1.29, 1.82) is 0 Å². The number of benzene rings is 2. The lowest BCUT2D eigenvalue weighted by atomic mass is 9.88. The highest BCUT2D eigenvalue weighted by Crippen LogP contribution is 2.31. The number of aryl methyl sites for hydroxylation is 1. The Hall–Kier alpha value is -1.76. The summed E-state index contributed by atoms with van der Waals surface area (Å²) in [5.74, 6) is -0.381. The highest BCUT2D eigenvalue weighted by atomic mass is 35.5. The second kappa shape index (κ2) is 8.09. The summed E-state index contributed by atoms with van der Waals surface area (Å²) in [4.78, 5) is 12.6. The van der Waals surface area contributed by atoms with Crippen LogP contribution in [-0.2, 0) is 21.2 Å². The summed E-state index contributed by atoms with van der Waals surface area (Å²) in [5, 5.41) is 3.52. The van der Waals surface area contributed by atoms with E-state index in [1.165, 1.54) is 23.8 Å². The van der Waals surface area contributed by atoms with Gasteiger partial charge in [0.1, 0.15) is 6.54 Å². The van der Waals surface area contributed by atoms with Gasteiger partial charge in [-0.15, -0.1) is 0 Å². The third-order valence-electron chi connectivity index (χ3n) is 4.57. The van der Waals surface area contributed by atoms with E-state index in [1.807, 2.05) is 18.2 Å². The summed E-state index contributed by atoms with van der Waals surface area (Å²) >= 11 is 12.0. The molecular weight excluding hydrogens is 407 g/mol. The predicted octanol–water partition coefficient (Wildman–Crippen LogP) is 3.95. The molecule has 144 valence electrons. The van der Waals surface area contributed by atoms with Crippen LogP contribution in [0.4, 0.5) is 5.69 Å². The molecule has 1 N–H and O–H groups in total. The van der Waals surface area contributed by atoms with Gasteiger partial charge in [-0.25, -0.2) is 8.42 Å². The Bertz CT molecular complexity index is 963. The summed E-state index contributed by atoms with van der Waals surface area (Å²) < 4.78 is 25.5. The average Bonchev–Trinajstić information content (AvgIpc) is 2.60. The first-order chi connectivity index (χ1) is 12.8. The van der Waals surface area contributed by atoms with Crippen molar-refractivity contribution >= 4 is 44.8 Å². The molecule has 5 nitrogen and oxygen atoms in total. The predicted molar refractivity (Wildman–Crippen MR) is 109 cm³/mol. The van der Waals surface area contributed by atoms with E-state index in [2.05, 4.69) is 11.4 Å². The smallest absolute Gasteiger partial charge is 0.241 e. The van der Waals surface area contributed by atoms with Gasteiger partial charge in [-0.1, -0.05) is 47.5 Å². The highest BCUT2D eigenvalue weighted by Gasteiger charge is 2.26. The number of nitrogens with zero attached hydrogens (tertiary/aromatic N) is 1. The molecule has 27 heavy (non-hydrogen) atoms. The Morgan fingerprint density at radius 3 is 2.67 bits per heavy atom. The molecule has 0 aromatic heterocycles. The molecule has 8 heteroatoms. The second-order valence-corrected chi connectivity index (χ2v) is 9.33. The molecule has 0 radical (unpaired) electrons. The minimum Gasteiger partial charge on any atom is -0.348 e. The fourth-order valence-electron chi connectivity index (χ4n) is 3.34. The first-order valence-electron chi connectivity index (χ1n) is 8.55. The molecule has 0 bridgehead atoms. The van der Waals surface area contributed by atoms with Crippen molar-refractivity contribution in [3.8, 4) is 0 Å². The molecule has 0 spiro atoms. The zero-order valence-electron chi connectivity index (χ0n) is 14.8. The van der Waals surface area contributed by atoms with Gasteiger partial charge < -0.3 is 5.32 Å². The molecule has 1 atom stereocenters. The van der Waals surface area contributed by atoms with Gasteiger partial charge in [-0.05, 0) is 48.6 Å². The van der Waals surface area contributed by atoms with Crippen LogP contribution in [0.15, 0.2) is 42.5 Å². The average molecular weight is 427 g/mol. The molecule has 2 aromatic carbocycles. The van der Waals surface area contributed by atoms with Crippen LogP contribution in [0.25, 0.3) is 0 Å². The first-order valence-corrected chi connectivity index (χ1v) is 11.2. The van der Waals surface area contributed by atoms with E-state index < -0.39 is 10.0 Å². The lowest BCUT2D eigenvalue weighted by Crippen LogP contribution is -2.42. The van der Waals surface area contributed by atoms with Gasteiger partial charge in [0.2, 0.25) is 15.9 Å². The van der Waals surface area contributed by atoms with Gasteiger partial charge in [0.15, 0.2) is 0 Å². The van der Waals surface area contributed by atoms with Crippen molar-refractivity contribution in [3.05, 3.63) is 63.6 Å². The van der Waals surface area contributed by atoms with Gasteiger partial charge in [-0.2, -0.15) is 0 Å². The lowest BCUT2D eigenvalue weighted by Gasteiger charge is -2.28. The van der Waals surface area contributed by atoms with Crippen molar-refractivity contribution in [2.45, 2.75) is 25.3 Å². The standard InChI is InChI=1S/C19H20Cl2N2O3S/c1-27(25,26)23(18-10-9-14(20)11-16(18)21)12-19(24)22-17-8-4-6-13-5-2-3-7-15(13)17/h2-3,5,7,9-11,17H,4,6,8,12H2,1H3,(H,22,24)/t17-/m1/s1. The number of hydrogen-bond donors (Lipinski definition) is 1. The number of halogens is 2. The third kappa shape index (κ3) is 4.75. The number of rotatable bonds is 5. The quantitative estimate of drug-likeness (QED) is 0.786. The second-order valence-electron chi connectivity index (χ2n) is 6.58. The molecule has 0 heterocycles. The molecule has 2 aromatic rings. The Labute approximate surface area is 169 Å². The lowest BCUT2D eigenvalue weighted by molar-refractivity contribution is -0.120. The number of fused-ring (bicyclic) bond motifs is 1. The Morgan fingerprint density at radius 2 is 1.96 bits per heavy atom. The molecule has 1 aliphatic carbocycles. The van der Waals surface area contributed by atoms with Crippen LogP contribution in [0, 0.1) is 0 Å². The number of anilines is 1. The number of carbonyl (C=O) groups is 1. The van der Waals surface area contributed by atoms with E-state index in [9.17, 15) is 13.2 Å². The number of carbonyl (C=O) groups excluding carboxylic acids is 1. The molecule has 3 rings (SSSR count). The van der Waals surface area contributed by atoms with Crippen molar-refractivity contribution in [2.75, 3.05) is 17.1 Å². The number of amides is 1. The first kappa shape index (κ1) is 20.0. The maximum Gasteiger partial charge on any atom is 0.241 e. The molecule has 0 unspecified atom stereocenters. The normalized spacial score (nSPS) is 16.5. The van der Waals surface area contributed by atoms with Crippen LogP contribution < -0.4 is 9.62 Å². The molecule has 0 aliphatic heterocycles. The van der Waals surface area contributed by atoms with E-state index in [-0.39, 0.29) is 29.2 Å². The third-order valence-corrected chi connectivity index (χ3v) is 6.23. The van der Waals surface area contributed by atoms with Crippen LogP contribution in [0.3, 0.4) is 0 Å². The Morgan fingerprint density at radius 1 is 1.22 bits per heavy atom. The fourth-order valence-corrected chi connectivity index (χ4v) is 4.77. The maximum atomic E-state index is 12.6. The van der Waals surface area contributed by atoms with Crippen molar-refractivity contribution in [2.24, 2.45) is 0 Å². The van der Waals surface area contributed by atoms with Crippen molar-refractivity contribution in [1.82, 2.24) is 5.32 Å². The van der Waals surface area contributed by atoms with Crippen molar-refractivity contribution < 1.29 is 13.2 Å². The maximum absolute atomic E-state index is 12.6. The monoisotopic (exact) mass is 426 g/mol. The van der Waals surface area contributed by atoms with Gasteiger partial charge in [-0.3, -0.25) is 9.10 Å². The summed E-state index contributed by atoms with van der Waals surface area (Å²) in [6.45, 7) is -0.348. The Balaban J connectivity index is 1.80. The molecule has 0 fully saturated rings. The van der Waals surface area contributed by atoms with Gasteiger partial charge in [0, 0.05) is 5.02 Å². The van der Waals surface area contributed by atoms with Crippen LogP contribution >= 0.6 is 23.2 Å². The molecular formula is C19H20Cl2N2O3S. The van der Waals surface area contributed by atoms with Crippen LogP contribution in [-0.4, -0.2) is 27.1 Å². The summed E-state index contributed by atoms with van der Waals surface area (Å²) in [6.07, 6.45) is 3.82. The van der Waals surface area contributed by atoms with Crippen molar-refractivity contribution in [3.63, 3.8) is 0 Å². The number of sulfonamides is 1. The van der Waals surface area contributed by atoms with Crippen LogP contribution in [0.2, 0.25) is 10.0 Å².